The van der Waals surface area contributed by atoms with Crippen LogP contribution in [0.15, 0.2) is 63.6 Å². The molecule has 0 aliphatic carbocycles. The molecule has 2 aromatic rings. The fourth-order valence-electron chi connectivity index (χ4n) is 3.47. The Morgan fingerprint density at radius 3 is 2.61 bits per heavy atom. The zero-order valence-corrected chi connectivity index (χ0v) is 20.5. The number of allylic oxidation sites excluding steroid dienone is 1. The molecule has 2 N–H and O–H groups in total. The molecule has 0 fully saturated rings. The minimum Gasteiger partial charge on any atom is -0.468 e. The molecule has 9 heteroatoms. The molecule has 33 heavy (non-hydrogen) atoms. The predicted molar refractivity (Wildman–Crippen MR) is 129 cm³/mol. The van der Waals surface area contributed by atoms with Gasteiger partial charge in [0.05, 0.1) is 29.5 Å². The molecule has 0 bridgehead atoms. The van der Waals surface area contributed by atoms with Gasteiger partial charge in [0.1, 0.15) is 5.92 Å². The van der Waals surface area contributed by atoms with Gasteiger partial charge in [0.15, 0.2) is 0 Å². The van der Waals surface area contributed by atoms with Crippen LogP contribution < -0.4 is 10.6 Å². The first-order valence-corrected chi connectivity index (χ1v) is 11.9. The monoisotopic (exact) mass is 527 g/mol. The van der Waals surface area contributed by atoms with E-state index in [0.717, 1.165) is 27.4 Å². The van der Waals surface area contributed by atoms with Crippen LogP contribution in [0.4, 0.5) is 0 Å². The summed E-state index contributed by atoms with van der Waals surface area (Å²) >= 11 is 4.44. The smallest absolute Gasteiger partial charge is 0.319 e. The molecular weight excluding hydrogens is 506 g/mol. The van der Waals surface area contributed by atoms with Gasteiger partial charge in [0.25, 0.3) is 0 Å². The first-order chi connectivity index (χ1) is 15.8. The molecule has 0 saturated heterocycles. The third-order valence-electron chi connectivity index (χ3n) is 5.15. The maximum absolute atomic E-state index is 12.8. The summed E-state index contributed by atoms with van der Waals surface area (Å²) < 4.78 is 5.58. The topological polar surface area (TPSA) is 108 Å². The third kappa shape index (κ3) is 6.03. The minimum absolute atomic E-state index is 0.000744. The Labute approximate surface area is 204 Å². The molecule has 0 aromatic heterocycles. The number of carbonyl (C=O) groups excluding carboxylic acids is 3. The van der Waals surface area contributed by atoms with Crippen LogP contribution in [0.3, 0.4) is 0 Å². The zero-order valence-electron chi connectivity index (χ0n) is 18.1. The number of ether oxygens (including phenoxy) is 1. The Hall–Kier alpha value is -3.09. The van der Waals surface area contributed by atoms with Gasteiger partial charge in [-0.25, -0.2) is 0 Å². The number of methoxy groups -OCH3 is 1. The van der Waals surface area contributed by atoms with E-state index >= 15 is 0 Å². The van der Waals surface area contributed by atoms with E-state index in [0.29, 0.717) is 12.1 Å². The Kier molecular flexibility index (Phi) is 8.31. The lowest BCUT2D eigenvalue weighted by Crippen LogP contribution is -2.44. The quantitative estimate of drug-likeness (QED) is 0.421. The van der Waals surface area contributed by atoms with Crippen LogP contribution in [0, 0.1) is 24.2 Å². The molecule has 7 nitrogen and oxygen atoms in total. The normalized spacial score (nSPS) is 17.7. The van der Waals surface area contributed by atoms with Crippen molar-refractivity contribution in [3.8, 4) is 6.07 Å². The summed E-state index contributed by atoms with van der Waals surface area (Å²) in [5, 5.41) is 15.6. The summed E-state index contributed by atoms with van der Waals surface area (Å²) in [6.07, 6.45) is 0. The number of nitriles is 1. The number of thioether (sulfide) groups is 1. The second-order valence-corrected chi connectivity index (χ2v) is 9.33. The van der Waals surface area contributed by atoms with Gasteiger partial charge >= 0.3 is 5.97 Å². The number of aryl methyl sites for hydroxylation is 1. The third-order valence-corrected chi connectivity index (χ3v) is 6.66. The largest absolute Gasteiger partial charge is 0.468 e. The van der Waals surface area contributed by atoms with Crippen molar-refractivity contribution in [1.82, 2.24) is 10.6 Å². The Morgan fingerprint density at radius 1 is 1.24 bits per heavy atom. The molecule has 170 valence electrons. The average molecular weight is 528 g/mol. The molecule has 1 heterocycles. The molecule has 1 aliphatic rings. The molecule has 0 radical (unpaired) electrons. The first-order valence-electron chi connectivity index (χ1n) is 10.1. The van der Waals surface area contributed by atoms with E-state index in [9.17, 15) is 19.6 Å². The summed E-state index contributed by atoms with van der Waals surface area (Å²) in [7, 11) is 1.20. The number of benzene rings is 2. The van der Waals surface area contributed by atoms with Gasteiger partial charge < -0.3 is 15.4 Å². The van der Waals surface area contributed by atoms with E-state index < -0.39 is 23.7 Å². The van der Waals surface area contributed by atoms with Gasteiger partial charge in [0.2, 0.25) is 11.8 Å². The lowest BCUT2D eigenvalue weighted by atomic mass is 9.78. The van der Waals surface area contributed by atoms with Gasteiger partial charge in [-0.3, -0.25) is 14.4 Å². The molecule has 2 atom stereocenters. The first kappa shape index (κ1) is 24.6. The minimum atomic E-state index is -1.21. The second-order valence-electron chi connectivity index (χ2n) is 7.43. The number of esters is 1. The van der Waals surface area contributed by atoms with Crippen LogP contribution >= 0.6 is 27.7 Å². The fraction of sp³-hybridized carbons (Fsp3) is 0.250. The van der Waals surface area contributed by atoms with E-state index in [1.165, 1.54) is 7.11 Å². The van der Waals surface area contributed by atoms with Crippen molar-refractivity contribution in [2.75, 3.05) is 12.9 Å². The van der Waals surface area contributed by atoms with Crippen LogP contribution in [-0.4, -0.2) is 30.6 Å². The van der Waals surface area contributed by atoms with Crippen molar-refractivity contribution < 1.29 is 19.1 Å². The van der Waals surface area contributed by atoms with Crippen molar-refractivity contribution in [2.45, 2.75) is 19.4 Å². The number of amides is 2. The van der Waals surface area contributed by atoms with Gasteiger partial charge in [-0.05, 0) is 30.2 Å². The molecule has 2 aromatic carbocycles. The Bertz CT molecular complexity index is 1140. The van der Waals surface area contributed by atoms with Crippen LogP contribution in [0.5, 0.6) is 0 Å². The maximum Gasteiger partial charge on any atom is 0.319 e. The predicted octanol–water partition coefficient (Wildman–Crippen LogP) is 3.54. The van der Waals surface area contributed by atoms with Crippen LogP contribution in [0.2, 0.25) is 0 Å². The number of rotatable bonds is 7. The average Bonchev–Trinajstić information content (AvgIpc) is 2.81. The van der Waals surface area contributed by atoms with Crippen LogP contribution in [0.1, 0.15) is 22.6 Å². The van der Waals surface area contributed by atoms with E-state index in [2.05, 4.69) is 32.6 Å². The van der Waals surface area contributed by atoms with Crippen molar-refractivity contribution in [3.05, 3.63) is 80.3 Å². The summed E-state index contributed by atoms with van der Waals surface area (Å²) in [6.45, 7) is 2.37. The molecule has 0 unspecified atom stereocenters. The highest BCUT2D eigenvalue weighted by Crippen LogP contribution is 2.40. The van der Waals surface area contributed by atoms with Crippen molar-refractivity contribution in [3.63, 3.8) is 0 Å². The van der Waals surface area contributed by atoms with Gasteiger partial charge in [0, 0.05) is 16.9 Å². The van der Waals surface area contributed by atoms with Gasteiger partial charge in [-0.1, -0.05) is 69.7 Å². The highest BCUT2D eigenvalue weighted by Gasteiger charge is 2.44. The summed E-state index contributed by atoms with van der Waals surface area (Å²) in [4.78, 5) is 37.6. The fourth-order valence-corrected chi connectivity index (χ4v) is 4.77. The Morgan fingerprint density at radius 2 is 1.97 bits per heavy atom. The molecule has 0 spiro atoms. The van der Waals surface area contributed by atoms with E-state index in [-0.39, 0.29) is 22.3 Å². The molecule has 1 aliphatic heterocycles. The number of nitrogens with zero attached hydrogens (tertiary/aromatic N) is 1. The lowest BCUT2D eigenvalue weighted by molar-refractivity contribution is -0.150. The van der Waals surface area contributed by atoms with E-state index in [1.54, 1.807) is 18.2 Å². The van der Waals surface area contributed by atoms with Gasteiger partial charge in [-0.2, -0.15) is 5.26 Å². The summed E-state index contributed by atoms with van der Waals surface area (Å²) in [5.74, 6) is -3.58. The molecular formula is C24H22BrN3O4S. The van der Waals surface area contributed by atoms with E-state index in [1.807, 2.05) is 37.3 Å². The maximum atomic E-state index is 12.8. The number of hydrogen-bond donors (Lipinski definition) is 2. The van der Waals surface area contributed by atoms with E-state index in [4.69, 9.17) is 4.74 Å². The standard InChI is InChI=1S/C24H22BrN3O4S/c1-14-6-8-15(9-7-14)12-27-19(29)13-33-23-18(11-26)20(16-4-3-5-17(25)10-16)21(22(30)28-23)24(31)32-2/h3-10,20-21H,12-13H2,1-2H3,(H,27,29)(H,28,30)/t20-,21+/m0/s1. The highest BCUT2D eigenvalue weighted by molar-refractivity contribution is 9.10. The van der Waals surface area contributed by atoms with Crippen molar-refractivity contribution in [2.24, 2.45) is 5.92 Å². The summed E-state index contributed by atoms with van der Waals surface area (Å²) in [5.41, 5.74) is 2.93. The summed E-state index contributed by atoms with van der Waals surface area (Å²) in [6, 6.07) is 17.0. The van der Waals surface area contributed by atoms with Crippen molar-refractivity contribution >= 4 is 45.5 Å². The SMILES string of the molecule is COC(=O)[C@H]1C(=O)NC(SCC(=O)NCc2ccc(C)cc2)=C(C#N)[C@@H]1c1cccc(Br)c1. The number of nitrogens with one attached hydrogen (secondary N) is 2. The van der Waals surface area contributed by atoms with Gasteiger partial charge in [-0.15, -0.1) is 0 Å². The molecule has 3 rings (SSSR count). The molecule has 0 saturated carbocycles. The van der Waals surface area contributed by atoms with Crippen molar-refractivity contribution in [1.29, 1.82) is 5.26 Å². The number of carbonyl (C=O) groups is 3. The highest BCUT2D eigenvalue weighted by atomic mass is 79.9. The molecule has 2 amide bonds. The Balaban J connectivity index is 1.81. The lowest BCUT2D eigenvalue weighted by Gasteiger charge is -2.31. The zero-order chi connectivity index (χ0) is 24.0. The van der Waals surface area contributed by atoms with Crippen LogP contribution in [-0.2, 0) is 25.7 Å². The van der Waals surface area contributed by atoms with Crippen LogP contribution in [0.25, 0.3) is 0 Å². The number of hydrogen-bond acceptors (Lipinski definition) is 6. The second kappa shape index (κ2) is 11.2. The number of halogens is 1.